The number of fused-ring (bicyclic) bond motifs is 12. The topological polar surface area (TPSA) is 37.5 Å². The Morgan fingerprint density at radius 2 is 1.11 bits per heavy atom. The predicted molar refractivity (Wildman–Crippen MR) is 235 cm³/mol. The average molecular weight is 733 g/mol. The van der Waals surface area contributed by atoms with Crippen LogP contribution in [0.5, 0.6) is 0 Å². The van der Waals surface area contributed by atoms with Crippen molar-refractivity contribution < 1.29 is 4.42 Å². The van der Waals surface area contributed by atoms with E-state index >= 15 is 0 Å². The van der Waals surface area contributed by atoms with Gasteiger partial charge in [0, 0.05) is 42.6 Å². The summed E-state index contributed by atoms with van der Waals surface area (Å²) in [4.78, 5) is 8.11. The van der Waals surface area contributed by atoms with Crippen molar-refractivity contribution in [3.63, 3.8) is 0 Å². The van der Waals surface area contributed by atoms with Gasteiger partial charge in [0.15, 0.2) is 0 Å². The molecular formula is C52H32N2OS. The van der Waals surface area contributed by atoms with E-state index in [1.165, 1.54) is 47.7 Å². The maximum absolute atomic E-state index is 6.50. The highest BCUT2D eigenvalue weighted by molar-refractivity contribution is 8.03. The summed E-state index contributed by atoms with van der Waals surface area (Å²) in [7, 11) is 0. The van der Waals surface area contributed by atoms with Crippen LogP contribution in [-0.2, 0) is 0 Å². The SMILES string of the molecule is c1ccc(C2=C3Sc4ccccc4C3NC(c3cc(-c4cccc(-c5cccc6c5oc5ccccc56)c4)cc4c5ccccc5c5ccccc5c34)=N2)cc1. The maximum Gasteiger partial charge on any atom is 0.143 e. The minimum atomic E-state index is -0.00282. The molecule has 0 aliphatic carbocycles. The average Bonchev–Trinajstić information content (AvgIpc) is 3.85. The van der Waals surface area contributed by atoms with E-state index in [0.717, 1.165) is 66.9 Å². The molecule has 3 heterocycles. The van der Waals surface area contributed by atoms with Gasteiger partial charge in [0.1, 0.15) is 17.0 Å². The Labute approximate surface area is 327 Å². The molecule has 0 radical (unpaired) electrons. The molecule has 0 saturated carbocycles. The van der Waals surface area contributed by atoms with Gasteiger partial charge >= 0.3 is 0 Å². The number of benzene rings is 9. The second kappa shape index (κ2) is 12.3. The van der Waals surface area contributed by atoms with E-state index in [1.54, 1.807) is 0 Å². The monoisotopic (exact) mass is 732 g/mol. The van der Waals surface area contributed by atoms with Gasteiger partial charge < -0.3 is 9.73 Å². The van der Waals surface area contributed by atoms with Crippen LogP contribution in [-0.4, -0.2) is 5.84 Å². The molecule has 10 aromatic rings. The molecule has 1 unspecified atom stereocenters. The molecule has 1 N–H and O–H groups in total. The first-order chi connectivity index (χ1) is 27.8. The predicted octanol–water partition coefficient (Wildman–Crippen LogP) is 13.9. The van der Waals surface area contributed by atoms with Crippen LogP contribution in [0, 0.1) is 0 Å². The van der Waals surface area contributed by atoms with Gasteiger partial charge in [0.2, 0.25) is 0 Å². The molecule has 0 fully saturated rings. The number of aliphatic imine (C=N–C) groups is 1. The Morgan fingerprint density at radius 3 is 1.96 bits per heavy atom. The molecule has 9 aromatic carbocycles. The number of hydrogen-bond donors (Lipinski definition) is 1. The fourth-order valence-corrected chi connectivity index (χ4v) is 10.2. The summed E-state index contributed by atoms with van der Waals surface area (Å²) in [5.41, 5.74) is 10.8. The maximum atomic E-state index is 6.50. The van der Waals surface area contributed by atoms with Gasteiger partial charge in [-0.2, -0.15) is 0 Å². The lowest BCUT2D eigenvalue weighted by atomic mass is 9.87. The normalized spacial score (nSPS) is 15.1. The molecule has 3 nitrogen and oxygen atoms in total. The standard InChI is InChI=1S/C52H32N2OS/c1-2-14-31(15-3-1)48-51-49(42-23-9-11-27-46(42)56-51)54-52(53-48)44-30-34(29-43-38-20-5-4-18-36(38)37-19-6-7-22-40(37)47(43)44)32-16-12-17-33(28-32)35-24-13-25-41-39-21-8-10-26-45(39)55-50(35)41/h1-30,49H,(H,53,54). The molecule has 2 aliphatic heterocycles. The number of rotatable bonds is 4. The third-order valence-electron chi connectivity index (χ3n) is 11.5. The van der Waals surface area contributed by atoms with E-state index in [4.69, 9.17) is 9.41 Å². The molecule has 2 aliphatic rings. The van der Waals surface area contributed by atoms with E-state index in [1.807, 2.05) is 23.9 Å². The first-order valence-electron chi connectivity index (χ1n) is 19.1. The second-order valence-corrected chi connectivity index (χ2v) is 15.7. The highest BCUT2D eigenvalue weighted by Crippen LogP contribution is 2.52. The molecule has 12 rings (SSSR count). The molecule has 0 bridgehead atoms. The van der Waals surface area contributed by atoms with E-state index in [2.05, 4.69) is 175 Å². The van der Waals surface area contributed by atoms with Crippen LogP contribution in [0.2, 0.25) is 0 Å². The van der Waals surface area contributed by atoms with E-state index in [9.17, 15) is 0 Å². The summed E-state index contributed by atoms with van der Waals surface area (Å²) in [6, 6.07) is 65.4. The fraction of sp³-hybridized carbons (Fsp3) is 0.0192. The van der Waals surface area contributed by atoms with Crippen molar-refractivity contribution in [2.45, 2.75) is 10.9 Å². The van der Waals surface area contributed by atoms with Crippen LogP contribution >= 0.6 is 11.8 Å². The number of hydrogen-bond acceptors (Lipinski definition) is 4. The number of thioether (sulfide) groups is 1. The smallest absolute Gasteiger partial charge is 0.143 e. The summed E-state index contributed by atoms with van der Waals surface area (Å²) >= 11 is 1.83. The lowest BCUT2D eigenvalue weighted by Gasteiger charge is -2.27. The summed E-state index contributed by atoms with van der Waals surface area (Å²) in [5, 5.41) is 13.6. The van der Waals surface area contributed by atoms with Gasteiger partial charge in [-0.1, -0.05) is 163 Å². The molecule has 1 aromatic heterocycles. The highest BCUT2D eigenvalue weighted by atomic mass is 32.2. The van der Waals surface area contributed by atoms with Crippen molar-refractivity contribution in [3.05, 3.63) is 204 Å². The van der Waals surface area contributed by atoms with Gasteiger partial charge in [0.05, 0.1) is 11.7 Å². The molecule has 0 spiro atoms. The third-order valence-corrected chi connectivity index (χ3v) is 12.7. The number of amidine groups is 1. The van der Waals surface area contributed by atoms with Gasteiger partial charge in [-0.05, 0) is 79.5 Å². The van der Waals surface area contributed by atoms with Gasteiger partial charge in [0.25, 0.3) is 0 Å². The largest absolute Gasteiger partial charge is 0.455 e. The minimum Gasteiger partial charge on any atom is -0.455 e. The van der Waals surface area contributed by atoms with Crippen LogP contribution in [0.15, 0.2) is 201 Å². The zero-order valence-corrected chi connectivity index (χ0v) is 31.0. The van der Waals surface area contributed by atoms with Gasteiger partial charge in [-0.15, -0.1) is 0 Å². The lowest BCUT2D eigenvalue weighted by molar-refractivity contribution is 0.670. The number of furan rings is 1. The van der Waals surface area contributed by atoms with Crippen LogP contribution in [0.4, 0.5) is 0 Å². The van der Waals surface area contributed by atoms with Crippen LogP contribution in [0.3, 0.4) is 0 Å². The zero-order chi connectivity index (χ0) is 36.7. The van der Waals surface area contributed by atoms with Crippen molar-refractivity contribution in [1.29, 1.82) is 0 Å². The zero-order valence-electron chi connectivity index (χ0n) is 30.2. The van der Waals surface area contributed by atoms with Crippen LogP contribution in [0.1, 0.15) is 22.7 Å². The Balaban J connectivity index is 1.13. The van der Waals surface area contributed by atoms with Crippen molar-refractivity contribution in [2.75, 3.05) is 0 Å². The Hall–Kier alpha value is -6.88. The number of para-hydroxylation sites is 2. The van der Waals surface area contributed by atoms with Crippen LogP contribution in [0.25, 0.3) is 82.2 Å². The van der Waals surface area contributed by atoms with Gasteiger partial charge in [-0.25, -0.2) is 4.99 Å². The van der Waals surface area contributed by atoms with Gasteiger partial charge in [-0.3, -0.25) is 0 Å². The second-order valence-electron chi connectivity index (χ2n) is 14.7. The Bertz CT molecular complexity index is 3320. The number of nitrogens with zero attached hydrogens (tertiary/aromatic N) is 1. The fourth-order valence-electron chi connectivity index (χ4n) is 8.96. The summed E-state index contributed by atoms with van der Waals surface area (Å²) in [6.07, 6.45) is 0. The molecule has 4 heteroatoms. The summed E-state index contributed by atoms with van der Waals surface area (Å²) < 4.78 is 6.50. The van der Waals surface area contributed by atoms with E-state index in [-0.39, 0.29) is 6.04 Å². The Kier molecular flexibility index (Phi) is 6.92. The molecule has 262 valence electrons. The van der Waals surface area contributed by atoms with Crippen molar-refractivity contribution in [3.8, 4) is 22.3 Å². The van der Waals surface area contributed by atoms with Crippen molar-refractivity contribution in [2.24, 2.45) is 4.99 Å². The molecule has 1 atom stereocenters. The molecular weight excluding hydrogens is 701 g/mol. The molecule has 0 amide bonds. The first-order valence-corrected chi connectivity index (χ1v) is 19.9. The minimum absolute atomic E-state index is 0.00282. The summed E-state index contributed by atoms with van der Waals surface area (Å²) in [5.74, 6) is 0.880. The first kappa shape index (κ1) is 31.5. The van der Waals surface area contributed by atoms with E-state index in [0.29, 0.717) is 0 Å². The molecule has 56 heavy (non-hydrogen) atoms. The highest BCUT2D eigenvalue weighted by Gasteiger charge is 2.35. The quantitative estimate of drug-likeness (QED) is 0.183. The lowest BCUT2D eigenvalue weighted by Crippen LogP contribution is -2.32. The Morgan fingerprint density at radius 1 is 0.464 bits per heavy atom. The van der Waals surface area contributed by atoms with E-state index < -0.39 is 0 Å². The van der Waals surface area contributed by atoms with Crippen LogP contribution < -0.4 is 5.32 Å². The molecule has 0 saturated heterocycles. The summed E-state index contributed by atoms with van der Waals surface area (Å²) in [6.45, 7) is 0. The van der Waals surface area contributed by atoms with Crippen molar-refractivity contribution >= 4 is 77.6 Å². The number of nitrogens with one attached hydrogen (secondary N) is 1. The van der Waals surface area contributed by atoms with Crippen molar-refractivity contribution in [1.82, 2.24) is 5.32 Å². The third kappa shape index (κ3) is 4.76.